The van der Waals surface area contributed by atoms with Crippen LogP contribution in [-0.4, -0.2) is 11.7 Å². The number of amides is 1. The van der Waals surface area contributed by atoms with Crippen molar-refractivity contribution in [3.63, 3.8) is 0 Å². The molecule has 0 atom stereocenters. The molecule has 0 bridgehead atoms. The highest BCUT2D eigenvalue weighted by molar-refractivity contribution is 6.03. The summed E-state index contributed by atoms with van der Waals surface area (Å²) in [5.41, 5.74) is 3.53. The first-order chi connectivity index (χ1) is 11.3. The molecule has 0 aliphatic heterocycles. The lowest BCUT2D eigenvalue weighted by Gasteiger charge is -2.18. The maximum Gasteiger partial charge on any atom is 0.248 e. The fourth-order valence-corrected chi connectivity index (χ4v) is 2.27. The molecule has 0 fully saturated rings. The van der Waals surface area contributed by atoms with Crippen LogP contribution >= 0.6 is 0 Å². The lowest BCUT2D eigenvalue weighted by molar-refractivity contribution is -0.111. The highest BCUT2D eigenvalue weighted by Crippen LogP contribution is 2.22. The van der Waals surface area contributed by atoms with Crippen molar-refractivity contribution < 1.29 is 9.59 Å². The van der Waals surface area contributed by atoms with Crippen molar-refractivity contribution in [2.24, 2.45) is 0 Å². The fourth-order valence-electron chi connectivity index (χ4n) is 2.27. The molecule has 2 aromatic rings. The van der Waals surface area contributed by atoms with Gasteiger partial charge >= 0.3 is 0 Å². The summed E-state index contributed by atoms with van der Waals surface area (Å²) < 4.78 is 0. The quantitative estimate of drug-likeness (QED) is 0.647. The van der Waals surface area contributed by atoms with Crippen LogP contribution in [0.15, 0.2) is 54.6 Å². The van der Waals surface area contributed by atoms with Gasteiger partial charge in [-0.3, -0.25) is 9.59 Å². The number of nitrogens with one attached hydrogen (secondary N) is 1. The fraction of sp³-hybridized carbons (Fsp3) is 0.238. The topological polar surface area (TPSA) is 46.2 Å². The number of Topliss-reactive ketones (excluding diaryl/α,β-unsaturated/α-hetero) is 1. The van der Waals surface area contributed by atoms with Crippen LogP contribution in [0.2, 0.25) is 0 Å². The highest BCUT2D eigenvalue weighted by Gasteiger charge is 2.12. The van der Waals surface area contributed by atoms with Crippen molar-refractivity contribution in [2.45, 2.75) is 33.1 Å². The van der Waals surface area contributed by atoms with Crippen LogP contribution in [0.3, 0.4) is 0 Å². The Morgan fingerprint density at radius 3 is 2.25 bits per heavy atom. The molecule has 0 unspecified atom stereocenters. The minimum atomic E-state index is -0.226. The first-order valence-corrected chi connectivity index (χ1v) is 7.96. The zero-order valence-corrected chi connectivity index (χ0v) is 14.6. The molecular weight excluding hydrogens is 298 g/mol. The lowest BCUT2D eigenvalue weighted by Crippen LogP contribution is -2.10. The summed E-state index contributed by atoms with van der Waals surface area (Å²) in [7, 11) is 0. The lowest BCUT2D eigenvalue weighted by atomic mass is 9.87. The molecule has 1 amide bonds. The SMILES string of the molecule is CC(=O)c1cccc(NC(=O)C=Cc2ccc(C(C)(C)C)cc2)c1. The molecule has 0 aliphatic rings. The van der Waals surface area contributed by atoms with Crippen LogP contribution < -0.4 is 5.32 Å². The third-order valence-corrected chi connectivity index (χ3v) is 3.74. The largest absolute Gasteiger partial charge is 0.322 e. The van der Waals surface area contributed by atoms with Crippen LogP contribution in [0.25, 0.3) is 6.08 Å². The van der Waals surface area contributed by atoms with Crippen molar-refractivity contribution in [3.05, 3.63) is 71.3 Å². The second-order valence-electron chi connectivity index (χ2n) is 6.83. The zero-order chi connectivity index (χ0) is 17.7. The van der Waals surface area contributed by atoms with Crippen molar-refractivity contribution >= 4 is 23.5 Å². The number of hydrogen-bond acceptors (Lipinski definition) is 2. The van der Waals surface area contributed by atoms with Gasteiger partial charge in [-0.15, -0.1) is 0 Å². The molecular formula is C21H23NO2. The van der Waals surface area contributed by atoms with Gasteiger partial charge in [0, 0.05) is 17.3 Å². The maximum atomic E-state index is 12.0. The Hall–Kier alpha value is -2.68. The van der Waals surface area contributed by atoms with Crippen LogP contribution in [0.5, 0.6) is 0 Å². The molecule has 0 saturated heterocycles. The number of carbonyl (C=O) groups excluding carboxylic acids is 2. The van der Waals surface area contributed by atoms with Crippen molar-refractivity contribution in [3.8, 4) is 0 Å². The second kappa shape index (κ2) is 7.26. The third kappa shape index (κ3) is 4.92. The van der Waals surface area contributed by atoms with E-state index in [0.717, 1.165) is 5.56 Å². The third-order valence-electron chi connectivity index (χ3n) is 3.74. The summed E-state index contributed by atoms with van der Waals surface area (Å²) in [6, 6.07) is 15.1. The van der Waals surface area contributed by atoms with E-state index in [-0.39, 0.29) is 17.1 Å². The molecule has 2 aromatic carbocycles. The molecule has 3 nitrogen and oxygen atoms in total. The summed E-state index contributed by atoms with van der Waals surface area (Å²) in [5.74, 6) is -0.254. The highest BCUT2D eigenvalue weighted by atomic mass is 16.1. The summed E-state index contributed by atoms with van der Waals surface area (Å²) in [5, 5.41) is 2.77. The Kier molecular flexibility index (Phi) is 5.35. The van der Waals surface area contributed by atoms with E-state index in [0.29, 0.717) is 11.3 Å². The van der Waals surface area contributed by atoms with E-state index in [2.05, 4.69) is 38.2 Å². The molecule has 124 valence electrons. The van der Waals surface area contributed by atoms with Gasteiger partial charge in [0.15, 0.2) is 5.78 Å². The van der Waals surface area contributed by atoms with E-state index >= 15 is 0 Å². The van der Waals surface area contributed by atoms with Gasteiger partial charge in [-0.2, -0.15) is 0 Å². The number of rotatable bonds is 4. The monoisotopic (exact) mass is 321 g/mol. The maximum absolute atomic E-state index is 12.0. The predicted octanol–water partition coefficient (Wildman–Crippen LogP) is 4.84. The molecule has 0 spiro atoms. The molecule has 0 aliphatic carbocycles. The summed E-state index contributed by atoms with van der Waals surface area (Å²) in [4.78, 5) is 23.4. The molecule has 1 N–H and O–H groups in total. The number of benzene rings is 2. The first kappa shape index (κ1) is 17.7. The van der Waals surface area contributed by atoms with Gasteiger partial charge in [0.1, 0.15) is 0 Å². The van der Waals surface area contributed by atoms with Crippen LogP contribution in [0, 0.1) is 0 Å². The Morgan fingerprint density at radius 2 is 1.67 bits per heavy atom. The van der Waals surface area contributed by atoms with Gasteiger partial charge in [0.2, 0.25) is 5.91 Å². The number of anilines is 1. The van der Waals surface area contributed by atoms with Crippen molar-refractivity contribution in [1.29, 1.82) is 0 Å². The molecule has 24 heavy (non-hydrogen) atoms. The Balaban J connectivity index is 2.03. The van der Waals surface area contributed by atoms with E-state index < -0.39 is 0 Å². The first-order valence-electron chi connectivity index (χ1n) is 7.96. The number of ketones is 1. The average molecular weight is 321 g/mol. The summed E-state index contributed by atoms with van der Waals surface area (Å²) >= 11 is 0. The molecule has 0 aromatic heterocycles. The van der Waals surface area contributed by atoms with Gasteiger partial charge in [0.05, 0.1) is 0 Å². The van der Waals surface area contributed by atoms with E-state index in [9.17, 15) is 9.59 Å². The molecule has 3 heteroatoms. The van der Waals surface area contributed by atoms with E-state index in [1.54, 1.807) is 30.3 Å². The summed E-state index contributed by atoms with van der Waals surface area (Å²) in [6.07, 6.45) is 3.27. The van der Waals surface area contributed by atoms with E-state index in [4.69, 9.17) is 0 Å². The van der Waals surface area contributed by atoms with Gasteiger partial charge in [-0.25, -0.2) is 0 Å². The average Bonchev–Trinajstić information content (AvgIpc) is 2.53. The number of hydrogen-bond donors (Lipinski definition) is 1. The second-order valence-corrected chi connectivity index (χ2v) is 6.83. The standard InChI is InChI=1S/C21H23NO2/c1-15(23)17-6-5-7-19(14-17)22-20(24)13-10-16-8-11-18(12-9-16)21(2,3)4/h5-14H,1-4H3,(H,22,24). The van der Waals surface area contributed by atoms with E-state index in [1.807, 2.05) is 12.1 Å². The van der Waals surface area contributed by atoms with Crippen LogP contribution in [0.1, 0.15) is 49.2 Å². The minimum Gasteiger partial charge on any atom is -0.322 e. The molecule has 0 saturated carbocycles. The summed E-state index contributed by atoms with van der Waals surface area (Å²) in [6.45, 7) is 8.00. The number of carbonyl (C=O) groups is 2. The molecule has 2 rings (SSSR count). The van der Waals surface area contributed by atoms with E-state index in [1.165, 1.54) is 18.6 Å². The Morgan fingerprint density at radius 1 is 1.00 bits per heavy atom. The predicted molar refractivity (Wildman–Crippen MR) is 99.3 cm³/mol. The van der Waals surface area contributed by atoms with Crippen LogP contribution in [-0.2, 0) is 10.2 Å². The molecule has 0 radical (unpaired) electrons. The molecule has 0 heterocycles. The van der Waals surface area contributed by atoms with Crippen molar-refractivity contribution in [2.75, 3.05) is 5.32 Å². The zero-order valence-electron chi connectivity index (χ0n) is 14.6. The Bertz CT molecular complexity index is 765. The van der Waals surface area contributed by atoms with Gasteiger partial charge in [-0.1, -0.05) is 57.2 Å². The van der Waals surface area contributed by atoms with Gasteiger partial charge in [0.25, 0.3) is 0 Å². The Labute approximate surface area is 143 Å². The normalized spacial score (nSPS) is 11.5. The van der Waals surface area contributed by atoms with Crippen LogP contribution in [0.4, 0.5) is 5.69 Å². The smallest absolute Gasteiger partial charge is 0.248 e. The van der Waals surface area contributed by atoms with Gasteiger partial charge in [-0.05, 0) is 41.7 Å². The minimum absolute atomic E-state index is 0.0272. The van der Waals surface area contributed by atoms with Crippen molar-refractivity contribution in [1.82, 2.24) is 0 Å². The van der Waals surface area contributed by atoms with Gasteiger partial charge < -0.3 is 5.32 Å².